The summed E-state index contributed by atoms with van der Waals surface area (Å²) in [6, 6.07) is 0. The van der Waals surface area contributed by atoms with E-state index in [4.69, 9.17) is 4.74 Å². The van der Waals surface area contributed by atoms with Crippen LogP contribution in [0, 0.1) is 29.6 Å². The molecule has 0 saturated heterocycles. The first-order valence-corrected chi connectivity index (χ1v) is 11.0. The summed E-state index contributed by atoms with van der Waals surface area (Å²) in [7, 11) is 0. The van der Waals surface area contributed by atoms with Gasteiger partial charge in [0.1, 0.15) is 0 Å². The Labute approximate surface area is 165 Å². The average Bonchev–Trinajstić information content (AvgIpc) is 2.62. The summed E-state index contributed by atoms with van der Waals surface area (Å²) < 4.78 is 5.55. The third-order valence-electron chi connectivity index (χ3n) is 5.74. The summed E-state index contributed by atoms with van der Waals surface area (Å²) in [6.45, 7) is 8.91. The molecule has 0 bridgehead atoms. The maximum atomic E-state index is 12.9. The number of carboxylic acid groups (broad SMARTS) is 1. The van der Waals surface area contributed by atoms with E-state index < -0.39 is 17.8 Å². The molecule has 156 valence electrons. The van der Waals surface area contributed by atoms with Gasteiger partial charge in [-0.15, -0.1) is 0 Å². The average molecular weight is 381 g/mol. The molecule has 0 saturated carbocycles. The molecule has 0 aromatic rings. The van der Waals surface area contributed by atoms with E-state index >= 15 is 0 Å². The zero-order valence-electron chi connectivity index (χ0n) is 17.8. The Morgan fingerprint density at radius 3 is 2.19 bits per heavy atom. The Hall–Kier alpha value is -1.32. The summed E-state index contributed by atoms with van der Waals surface area (Å²) >= 11 is 0. The van der Waals surface area contributed by atoms with E-state index in [1.54, 1.807) is 6.08 Å². The molecule has 0 heterocycles. The van der Waals surface area contributed by atoms with Crippen LogP contribution in [0.4, 0.5) is 0 Å². The third-order valence-corrected chi connectivity index (χ3v) is 5.74. The SMILES string of the molecule is CCCCCC1C=CC(C(=O)O)C(C(=O)OCCC(C)C)C1CCCCC. The summed E-state index contributed by atoms with van der Waals surface area (Å²) in [5, 5.41) is 9.70. The second-order valence-corrected chi connectivity index (χ2v) is 8.44. The van der Waals surface area contributed by atoms with Crippen LogP contribution in [0.25, 0.3) is 0 Å². The van der Waals surface area contributed by atoms with Crippen molar-refractivity contribution < 1.29 is 19.4 Å². The highest BCUT2D eigenvalue weighted by molar-refractivity contribution is 5.83. The quantitative estimate of drug-likeness (QED) is 0.247. The fourth-order valence-corrected chi connectivity index (χ4v) is 4.07. The first-order valence-electron chi connectivity index (χ1n) is 11.0. The highest BCUT2D eigenvalue weighted by Crippen LogP contribution is 2.41. The van der Waals surface area contributed by atoms with E-state index in [0.29, 0.717) is 12.5 Å². The molecule has 1 aliphatic carbocycles. The summed E-state index contributed by atoms with van der Waals surface area (Å²) in [5.74, 6) is -1.72. The second-order valence-electron chi connectivity index (χ2n) is 8.44. The number of ether oxygens (including phenoxy) is 1. The first kappa shape index (κ1) is 23.7. The number of unbranched alkanes of at least 4 members (excludes halogenated alkanes) is 4. The van der Waals surface area contributed by atoms with Crippen LogP contribution < -0.4 is 0 Å². The zero-order valence-corrected chi connectivity index (χ0v) is 17.8. The van der Waals surface area contributed by atoms with Crippen molar-refractivity contribution in [1.82, 2.24) is 0 Å². The molecule has 0 radical (unpaired) electrons. The van der Waals surface area contributed by atoms with Gasteiger partial charge in [-0.3, -0.25) is 9.59 Å². The van der Waals surface area contributed by atoms with Crippen LogP contribution in [0.15, 0.2) is 12.2 Å². The highest BCUT2D eigenvalue weighted by atomic mass is 16.5. The molecule has 1 N–H and O–H groups in total. The number of allylic oxidation sites excluding steroid dienone is 1. The lowest BCUT2D eigenvalue weighted by Gasteiger charge is -2.37. The van der Waals surface area contributed by atoms with Gasteiger partial charge in [0.15, 0.2) is 0 Å². The maximum absolute atomic E-state index is 12.9. The van der Waals surface area contributed by atoms with Crippen molar-refractivity contribution in [3.05, 3.63) is 12.2 Å². The number of carbonyl (C=O) groups excluding carboxylic acids is 1. The minimum absolute atomic E-state index is 0.0751. The van der Waals surface area contributed by atoms with Crippen molar-refractivity contribution in [3.8, 4) is 0 Å². The van der Waals surface area contributed by atoms with E-state index in [1.807, 2.05) is 0 Å². The van der Waals surface area contributed by atoms with Crippen LogP contribution in [-0.2, 0) is 14.3 Å². The third kappa shape index (κ3) is 8.06. The first-order chi connectivity index (χ1) is 12.9. The fourth-order valence-electron chi connectivity index (χ4n) is 4.07. The molecule has 0 fully saturated rings. The van der Waals surface area contributed by atoms with Crippen LogP contribution in [0.5, 0.6) is 0 Å². The van der Waals surface area contributed by atoms with Gasteiger partial charge in [0.05, 0.1) is 18.4 Å². The van der Waals surface area contributed by atoms with E-state index in [9.17, 15) is 14.7 Å². The number of hydrogen-bond acceptors (Lipinski definition) is 3. The molecule has 4 heteroatoms. The number of carbonyl (C=O) groups is 2. The number of carboxylic acids is 1. The largest absolute Gasteiger partial charge is 0.481 e. The Kier molecular flexibility index (Phi) is 11.4. The maximum Gasteiger partial charge on any atom is 0.311 e. The van der Waals surface area contributed by atoms with Crippen LogP contribution >= 0.6 is 0 Å². The number of aliphatic carboxylic acids is 1. The molecule has 27 heavy (non-hydrogen) atoms. The van der Waals surface area contributed by atoms with Crippen LogP contribution in [0.2, 0.25) is 0 Å². The number of esters is 1. The lowest BCUT2D eigenvalue weighted by molar-refractivity contribution is -0.160. The van der Waals surface area contributed by atoms with Gasteiger partial charge in [0.2, 0.25) is 0 Å². The topological polar surface area (TPSA) is 63.6 Å². The van der Waals surface area contributed by atoms with Crippen LogP contribution in [0.1, 0.15) is 85.5 Å². The van der Waals surface area contributed by atoms with Gasteiger partial charge in [-0.1, -0.05) is 78.4 Å². The predicted molar refractivity (Wildman–Crippen MR) is 109 cm³/mol. The summed E-state index contributed by atoms with van der Waals surface area (Å²) in [5.41, 5.74) is 0. The molecular weight excluding hydrogens is 340 g/mol. The van der Waals surface area contributed by atoms with E-state index in [-0.39, 0.29) is 17.8 Å². The van der Waals surface area contributed by atoms with Crippen molar-refractivity contribution >= 4 is 11.9 Å². The summed E-state index contributed by atoms with van der Waals surface area (Å²) in [4.78, 5) is 24.7. The molecule has 1 aliphatic rings. The van der Waals surface area contributed by atoms with E-state index in [2.05, 4.69) is 33.8 Å². The van der Waals surface area contributed by atoms with Crippen molar-refractivity contribution in [2.24, 2.45) is 29.6 Å². The molecule has 1 rings (SSSR count). The van der Waals surface area contributed by atoms with Crippen molar-refractivity contribution in [1.29, 1.82) is 0 Å². The molecule has 0 aliphatic heterocycles. The highest BCUT2D eigenvalue weighted by Gasteiger charge is 2.44. The molecule has 4 atom stereocenters. The predicted octanol–water partition coefficient (Wildman–Crippen LogP) is 5.86. The van der Waals surface area contributed by atoms with Crippen molar-refractivity contribution in [2.45, 2.75) is 85.5 Å². The summed E-state index contributed by atoms with van der Waals surface area (Å²) in [6.07, 6.45) is 13.3. The molecule has 0 spiro atoms. The number of rotatable bonds is 13. The molecule has 0 amide bonds. The molecule has 0 aromatic heterocycles. The Bertz CT molecular complexity index is 469. The Morgan fingerprint density at radius 1 is 1.00 bits per heavy atom. The fraction of sp³-hybridized carbons (Fsp3) is 0.826. The van der Waals surface area contributed by atoms with E-state index in [0.717, 1.165) is 51.4 Å². The van der Waals surface area contributed by atoms with Gasteiger partial charge in [0, 0.05) is 0 Å². The van der Waals surface area contributed by atoms with Crippen molar-refractivity contribution in [3.63, 3.8) is 0 Å². The smallest absolute Gasteiger partial charge is 0.311 e. The second kappa shape index (κ2) is 13.0. The monoisotopic (exact) mass is 380 g/mol. The van der Waals surface area contributed by atoms with Gasteiger partial charge in [-0.2, -0.15) is 0 Å². The molecular formula is C23H40O4. The molecule has 4 unspecified atom stereocenters. The minimum Gasteiger partial charge on any atom is -0.481 e. The van der Waals surface area contributed by atoms with Gasteiger partial charge in [-0.05, 0) is 37.0 Å². The van der Waals surface area contributed by atoms with Gasteiger partial charge in [0.25, 0.3) is 0 Å². The van der Waals surface area contributed by atoms with Gasteiger partial charge < -0.3 is 9.84 Å². The lowest BCUT2D eigenvalue weighted by Crippen LogP contribution is -2.41. The van der Waals surface area contributed by atoms with Gasteiger partial charge >= 0.3 is 11.9 Å². The van der Waals surface area contributed by atoms with E-state index in [1.165, 1.54) is 6.42 Å². The van der Waals surface area contributed by atoms with Gasteiger partial charge in [-0.25, -0.2) is 0 Å². The Balaban J connectivity index is 2.96. The minimum atomic E-state index is -0.912. The Morgan fingerprint density at radius 2 is 1.63 bits per heavy atom. The van der Waals surface area contributed by atoms with Crippen LogP contribution in [-0.4, -0.2) is 23.7 Å². The van der Waals surface area contributed by atoms with Crippen LogP contribution in [0.3, 0.4) is 0 Å². The molecule has 4 nitrogen and oxygen atoms in total. The normalized spacial score (nSPS) is 24.9. The number of hydrogen-bond donors (Lipinski definition) is 1. The van der Waals surface area contributed by atoms with Crippen molar-refractivity contribution in [2.75, 3.05) is 6.61 Å². The zero-order chi connectivity index (χ0) is 20.2. The molecule has 0 aromatic carbocycles. The lowest BCUT2D eigenvalue weighted by atomic mass is 9.67. The standard InChI is InChI=1S/C23H40O4/c1-5-7-9-11-18-13-14-20(22(24)25)21(19(18)12-10-8-6-2)23(26)27-16-15-17(3)4/h13-14,17-21H,5-12,15-16H2,1-4H3,(H,24,25).